The number of aromatic nitrogens is 2. The number of nitrogen functional groups attached to an aromatic ring is 1. The summed E-state index contributed by atoms with van der Waals surface area (Å²) in [5, 5.41) is 28.1. The molecular formula is C20H24ClN9O5S5. The average Bonchev–Trinajstić information content (AvgIpc) is 3.47. The van der Waals surface area contributed by atoms with Gasteiger partial charge in [0.05, 0.1) is 9.90 Å². The third kappa shape index (κ3) is 6.46. The normalized spacial score (nSPS) is 18.9. The van der Waals surface area contributed by atoms with E-state index in [9.17, 15) is 24.7 Å². The van der Waals surface area contributed by atoms with Gasteiger partial charge in [0.2, 0.25) is 0 Å². The van der Waals surface area contributed by atoms with Crippen LogP contribution in [0, 0.1) is 0 Å². The molecule has 2 aromatic rings. The molecule has 14 nitrogen and oxygen atoms in total. The highest BCUT2D eigenvalue weighted by Crippen LogP contribution is 2.47. The van der Waals surface area contributed by atoms with Crippen LogP contribution in [-0.2, 0) is 20.1 Å². The lowest BCUT2D eigenvalue weighted by atomic mass is 10.0. The fraction of sp³-hybridized carbons (Fsp3) is 0.400. The van der Waals surface area contributed by atoms with Crippen molar-refractivity contribution in [3.05, 3.63) is 26.3 Å². The number of halogens is 1. The van der Waals surface area contributed by atoms with Gasteiger partial charge in [-0.25, -0.2) is 14.8 Å². The van der Waals surface area contributed by atoms with Crippen LogP contribution in [0.15, 0.2) is 20.0 Å². The number of carbonyl (C=O) groups is 3. The van der Waals surface area contributed by atoms with Crippen molar-refractivity contribution in [1.82, 2.24) is 20.2 Å². The molecule has 1 fully saturated rings. The van der Waals surface area contributed by atoms with Gasteiger partial charge >= 0.3 is 5.97 Å². The van der Waals surface area contributed by atoms with Gasteiger partial charge < -0.3 is 38.1 Å². The van der Waals surface area contributed by atoms with Crippen molar-refractivity contribution >= 4 is 103 Å². The molecule has 2 aromatic heterocycles. The lowest BCUT2D eigenvalue weighted by Crippen LogP contribution is -2.71. The number of nitrogens with one attached hydrogen (secondary N) is 2. The molecule has 0 radical (unpaired) electrons. The molecule has 216 valence electrons. The Kier molecular flexibility index (Phi) is 10.4. The number of anilines is 2. The monoisotopic (exact) mass is 665 g/mol. The number of thioether (sulfide) groups is 3. The topological polar surface area (TPSA) is 235 Å². The summed E-state index contributed by atoms with van der Waals surface area (Å²) in [6.07, 6.45) is 0. The number of β-lactam (4-membered cyclic amide) rings is 1. The summed E-state index contributed by atoms with van der Waals surface area (Å²) in [6.45, 7) is 1.48. The summed E-state index contributed by atoms with van der Waals surface area (Å²) >= 11 is 12.5. The SMILES string of the molecule is NCCNc1nc(CSCCN)c(SC2=C(C(=O)O)N3C(=O)C(NC(=O)/C(=N\O)c4nc(N)sc4Cl)C3SC2)s1. The molecule has 40 heavy (non-hydrogen) atoms. The maximum absolute atomic E-state index is 13.1. The summed E-state index contributed by atoms with van der Waals surface area (Å²) < 4.78 is 0.843. The molecule has 4 rings (SSSR count). The largest absolute Gasteiger partial charge is 0.477 e. The van der Waals surface area contributed by atoms with E-state index in [0.717, 1.165) is 31.9 Å². The van der Waals surface area contributed by atoms with E-state index in [1.807, 2.05) is 0 Å². The summed E-state index contributed by atoms with van der Waals surface area (Å²) in [7, 11) is 0. The number of carboxylic acids is 1. The lowest BCUT2D eigenvalue weighted by molar-refractivity contribution is -0.150. The Morgan fingerprint density at radius 2 is 2.02 bits per heavy atom. The molecule has 0 aromatic carbocycles. The second kappa shape index (κ2) is 13.6. The minimum absolute atomic E-state index is 0.0389. The van der Waals surface area contributed by atoms with Gasteiger partial charge in [-0.3, -0.25) is 14.5 Å². The number of thiazole rings is 2. The van der Waals surface area contributed by atoms with Gasteiger partial charge in [-0.15, -0.1) is 11.8 Å². The standard InChI is InChI=1S/C20H24ClN9O5S5/c21-13-9(28-19(24)39-13)10(29-35)14(31)27-11-15(32)30-12(17(33)34)8(6-37-16(11)30)38-18-7(5-36-4-2-23)26-20(40-18)25-3-1-22/h11,16,35H,1-6,22-23H2,(H2,24,28)(H,25,26)(H,27,31)(H,33,34)/b29-10-. The van der Waals surface area contributed by atoms with Gasteiger partial charge in [0.1, 0.15) is 27.1 Å². The van der Waals surface area contributed by atoms with E-state index in [1.54, 1.807) is 11.8 Å². The van der Waals surface area contributed by atoms with Crippen molar-refractivity contribution in [1.29, 1.82) is 0 Å². The number of oxime groups is 1. The Morgan fingerprint density at radius 1 is 1.25 bits per heavy atom. The third-order valence-corrected chi connectivity index (χ3v) is 11.3. The van der Waals surface area contributed by atoms with Gasteiger partial charge in [0.25, 0.3) is 11.8 Å². The summed E-state index contributed by atoms with van der Waals surface area (Å²) in [4.78, 5) is 48.4. The first-order valence-corrected chi connectivity index (χ1v) is 16.5. The van der Waals surface area contributed by atoms with Crippen LogP contribution in [0.25, 0.3) is 0 Å². The highest BCUT2D eigenvalue weighted by Gasteiger charge is 2.54. The van der Waals surface area contributed by atoms with E-state index in [0.29, 0.717) is 35.4 Å². The number of carbonyl (C=O) groups excluding carboxylic acids is 2. The van der Waals surface area contributed by atoms with Crippen molar-refractivity contribution < 1.29 is 24.7 Å². The fourth-order valence-electron chi connectivity index (χ4n) is 3.67. The van der Waals surface area contributed by atoms with Crippen LogP contribution >= 0.6 is 69.6 Å². The van der Waals surface area contributed by atoms with Gasteiger partial charge in [0.15, 0.2) is 16.0 Å². The number of hydrogen-bond acceptors (Lipinski definition) is 16. The van der Waals surface area contributed by atoms with E-state index in [2.05, 4.69) is 25.8 Å². The number of amides is 2. The van der Waals surface area contributed by atoms with Crippen LogP contribution in [0.2, 0.25) is 4.34 Å². The van der Waals surface area contributed by atoms with Gasteiger partial charge in [-0.05, 0) is 0 Å². The molecular weight excluding hydrogens is 642 g/mol. The van der Waals surface area contributed by atoms with Crippen LogP contribution in [0.1, 0.15) is 11.4 Å². The molecule has 0 saturated carbocycles. The van der Waals surface area contributed by atoms with Gasteiger partial charge in [0, 0.05) is 41.8 Å². The minimum Gasteiger partial charge on any atom is -0.477 e. The van der Waals surface area contributed by atoms with E-state index >= 15 is 0 Å². The predicted octanol–water partition coefficient (Wildman–Crippen LogP) is 1.06. The number of hydrogen-bond donors (Lipinski definition) is 7. The van der Waals surface area contributed by atoms with Gasteiger partial charge in [-0.2, -0.15) is 11.8 Å². The zero-order valence-electron chi connectivity index (χ0n) is 20.5. The lowest BCUT2D eigenvalue weighted by Gasteiger charge is -2.49. The van der Waals surface area contributed by atoms with E-state index in [4.69, 9.17) is 28.8 Å². The van der Waals surface area contributed by atoms with Crippen molar-refractivity contribution in [2.45, 2.75) is 21.4 Å². The molecule has 2 atom stereocenters. The maximum atomic E-state index is 13.1. The minimum atomic E-state index is -1.27. The summed E-state index contributed by atoms with van der Waals surface area (Å²) in [6, 6.07) is -1.05. The van der Waals surface area contributed by atoms with Crippen LogP contribution in [0.3, 0.4) is 0 Å². The molecule has 0 spiro atoms. The molecule has 10 N–H and O–H groups in total. The molecule has 2 aliphatic rings. The van der Waals surface area contributed by atoms with Crippen molar-refractivity contribution in [2.24, 2.45) is 16.6 Å². The Balaban J connectivity index is 1.53. The van der Waals surface area contributed by atoms with E-state index in [1.165, 1.54) is 34.9 Å². The first-order valence-electron chi connectivity index (χ1n) is 11.5. The summed E-state index contributed by atoms with van der Waals surface area (Å²) in [5.74, 6) is -1.17. The molecule has 0 aliphatic carbocycles. The molecule has 2 amide bonds. The third-order valence-electron chi connectivity index (χ3n) is 5.36. The van der Waals surface area contributed by atoms with Crippen LogP contribution in [0.5, 0.6) is 0 Å². The number of carboxylic acid groups (broad SMARTS) is 1. The van der Waals surface area contributed by atoms with Crippen LogP contribution < -0.4 is 27.8 Å². The van der Waals surface area contributed by atoms with Crippen LogP contribution in [-0.4, -0.2) is 91.2 Å². The highest BCUT2D eigenvalue weighted by atomic mass is 35.5. The smallest absolute Gasteiger partial charge is 0.353 e. The van der Waals surface area contributed by atoms with E-state index < -0.39 is 34.9 Å². The number of fused-ring (bicyclic) bond motifs is 1. The zero-order chi connectivity index (χ0) is 29.0. The van der Waals surface area contributed by atoms with Crippen molar-refractivity contribution in [2.75, 3.05) is 42.2 Å². The van der Waals surface area contributed by atoms with Gasteiger partial charge in [-0.1, -0.05) is 51.2 Å². The highest BCUT2D eigenvalue weighted by molar-refractivity contribution is 8.07. The number of nitrogens with two attached hydrogens (primary N) is 3. The quantitative estimate of drug-likeness (QED) is 0.0521. The molecule has 0 bridgehead atoms. The number of rotatable bonds is 13. The van der Waals surface area contributed by atoms with E-state index in [-0.39, 0.29) is 26.6 Å². The maximum Gasteiger partial charge on any atom is 0.353 e. The van der Waals surface area contributed by atoms with Crippen LogP contribution in [0.4, 0.5) is 10.3 Å². The first kappa shape index (κ1) is 30.7. The second-order valence-electron chi connectivity index (χ2n) is 7.97. The summed E-state index contributed by atoms with van der Waals surface area (Å²) in [5.41, 5.74) is 16.8. The predicted molar refractivity (Wildman–Crippen MR) is 160 cm³/mol. The zero-order valence-corrected chi connectivity index (χ0v) is 25.3. The first-order chi connectivity index (χ1) is 19.2. The molecule has 1 saturated heterocycles. The number of nitrogens with zero attached hydrogens (tertiary/aromatic N) is 4. The Bertz CT molecular complexity index is 1370. The fourth-order valence-corrected chi connectivity index (χ4v) is 9.32. The van der Waals surface area contributed by atoms with Crippen molar-refractivity contribution in [3.63, 3.8) is 0 Å². The molecule has 2 aliphatic heterocycles. The number of aliphatic carboxylic acids is 1. The Morgan fingerprint density at radius 3 is 2.65 bits per heavy atom. The molecule has 20 heteroatoms. The molecule has 4 heterocycles. The molecule has 2 unspecified atom stereocenters. The van der Waals surface area contributed by atoms with Crippen molar-refractivity contribution in [3.8, 4) is 0 Å². The Hall–Kier alpha value is -2.26. The average molecular weight is 666 g/mol. The second-order valence-corrected chi connectivity index (χ2v) is 14.2. The Labute approximate surface area is 253 Å².